The molecular weight excluding hydrogens is 292 g/mol. The van der Waals surface area contributed by atoms with E-state index in [0.717, 1.165) is 30.5 Å². The van der Waals surface area contributed by atoms with Gasteiger partial charge < -0.3 is 5.32 Å². The zero-order valence-electron chi connectivity index (χ0n) is 13.7. The summed E-state index contributed by atoms with van der Waals surface area (Å²) in [5.41, 5.74) is 1.17. The Balaban J connectivity index is 2.06. The van der Waals surface area contributed by atoms with Gasteiger partial charge in [0.1, 0.15) is 0 Å². The third-order valence-electron chi connectivity index (χ3n) is 4.50. The Kier molecular flexibility index (Phi) is 5.13. The van der Waals surface area contributed by atoms with Gasteiger partial charge in [-0.25, -0.2) is 0 Å². The summed E-state index contributed by atoms with van der Waals surface area (Å²) in [5.74, 6) is 0.0710. The first kappa shape index (κ1) is 16.1. The van der Waals surface area contributed by atoms with Gasteiger partial charge in [0.25, 0.3) is 0 Å². The molecule has 0 bridgehead atoms. The van der Waals surface area contributed by atoms with Crippen molar-refractivity contribution < 1.29 is 0 Å². The van der Waals surface area contributed by atoms with Crippen molar-refractivity contribution in [3.8, 4) is 6.07 Å². The highest BCUT2D eigenvalue weighted by Gasteiger charge is 2.39. The predicted molar refractivity (Wildman–Crippen MR) is 99.4 cm³/mol. The molecule has 2 aromatic carbocycles. The van der Waals surface area contributed by atoms with E-state index >= 15 is 0 Å². The Labute approximate surface area is 144 Å². The first-order valence-electron chi connectivity index (χ1n) is 8.47. The molecule has 0 saturated carbocycles. The highest BCUT2D eigenvalue weighted by atomic mass is 15.0. The second-order valence-corrected chi connectivity index (χ2v) is 6.10. The molecule has 0 spiro atoms. The number of rotatable bonds is 4. The number of nitrogens with zero attached hydrogens (tertiary/aromatic N) is 1. The molecule has 2 unspecified atom stereocenters. The van der Waals surface area contributed by atoms with Crippen LogP contribution in [0.5, 0.6) is 0 Å². The molecule has 2 atom stereocenters. The summed E-state index contributed by atoms with van der Waals surface area (Å²) in [7, 11) is 0. The normalized spacial score (nSPS) is 22.2. The van der Waals surface area contributed by atoms with Crippen molar-refractivity contribution >= 4 is 5.69 Å². The Bertz CT molecular complexity index is 741. The van der Waals surface area contributed by atoms with E-state index in [1.807, 2.05) is 60.7 Å². The number of nitrogens with one attached hydrogen (secondary N) is 1. The lowest BCUT2D eigenvalue weighted by molar-refractivity contribution is 0.455. The van der Waals surface area contributed by atoms with E-state index in [1.165, 1.54) is 0 Å². The van der Waals surface area contributed by atoms with Gasteiger partial charge in [0, 0.05) is 11.6 Å². The van der Waals surface area contributed by atoms with Crippen molar-refractivity contribution in [2.24, 2.45) is 5.92 Å². The van der Waals surface area contributed by atoms with Crippen LogP contribution in [0.2, 0.25) is 0 Å². The SMILES string of the molecule is N#CC(Nc1ccccc1)(c1ccccc1)C1/C=C\CC/C=C\C1. The van der Waals surface area contributed by atoms with E-state index in [-0.39, 0.29) is 5.92 Å². The van der Waals surface area contributed by atoms with Gasteiger partial charge in [0.15, 0.2) is 5.54 Å². The number of anilines is 1. The minimum atomic E-state index is -0.791. The number of allylic oxidation sites excluding steroid dienone is 3. The van der Waals surface area contributed by atoms with E-state index < -0.39 is 5.54 Å². The van der Waals surface area contributed by atoms with Gasteiger partial charge in [-0.2, -0.15) is 5.26 Å². The number of benzene rings is 2. The van der Waals surface area contributed by atoms with E-state index in [9.17, 15) is 5.26 Å². The van der Waals surface area contributed by atoms with Gasteiger partial charge in [-0.3, -0.25) is 0 Å². The number of hydrogen-bond acceptors (Lipinski definition) is 2. The highest BCUT2D eigenvalue weighted by Crippen LogP contribution is 2.37. The zero-order valence-corrected chi connectivity index (χ0v) is 13.7. The molecule has 24 heavy (non-hydrogen) atoms. The van der Waals surface area contributed by atoms with Crippen molar-refractivity contribution in [2.75, 3.05) is 5.32 Å². The molecule has 2 heteroatoms. The average Bonchev–Trinajstić information content (AvgIpc) is 2.61. The fourth-order valence-corrected chi connectivity index (χ4v) is 3.22. The fourth-order valence-electron chi connectivity index (χ4n) is 3.22. The maximum atomic E-state index is 10.2. The standard InChI is InChI=1S/C22H22N2/c23-18-22(20-14-8-4-9-15-20,24-21-16-10-5-11-17-21)19-12-6-2-1-3-7-13-19/h2,4-11,13-17,19,24H,1,3,12H2/b6-2-,13-7-. The third-order valence-corrected chi connectivity index (χ3v) is 4.50. The maximum Gasteiger partial charge on any atom is 0.157 e. The van der Waals surface area contributed by atoms with Crippen molar-refractivity contribution in [3.63, 3.8) is 0 Å². The van der Waals surface area contributed by atoms with Crippen molar-refractivity contribution in [2.45, 2.75) is 24.8 Å². The lowest BCUT2D eigenvalue weighted by Crippen LogP contribution is -2.41. The lowest BCUT2D eigenvalue weighted by Gasteiger charge is -2.35. The second-order valence-electron chi connectivity index (χ2n) is 6.10. The Hall–Kier alpha value is -2.79. The quantitative estimate of drug-likeness (QED) is 0.764. The lowest BCUT2D eigenvalue weighted by atomic mass is 9.76. The molecule has 0 heterocycles. The topological polar surface area (TPSA) is 35.8 Å². The van der Waals surface area contributed by atoms with Crippen LogP contribution in [0.15, 0.2) is 85.0 Å². The second kappa shape index (κ2) is 7.66. The molecule has 0 amide bonds. The van der Waals surface area contributed by atoms with Gasteiger partial charge in [0.2, 0.25) is 0 Å². The van der Waals surface area contributed by atoms with Gasteiger partial charge in [-0.05, 0) is 37.0 Å². The molecule has 0 aromatic heterocycles. The summed E-state index contributed by atoms with van der Waals surface area (Å²) in [6.07, 6.45) is 11.8. The molecule has 2 nitrogen and oxygen atoms in total. The molecule has 2 aromatic rings. The fraction of sp³-hybridized carbons (Fsp3) is 0.227. The molecule has 0 saturated heterocycles. The minimum absolute atomic E-state index is 0.0710. The Morgan fingerprint density at radius 2 is 1.54 bits per heavy atom. The Morgan fingerprint density at radius 1 is 0.875 bits per heavy atom. The van der Waals surface area contributed by atoms with E-state index in [0.29, 0.717) is 0 Å². The molecule has 1 N–H and O–H groups in total. The van der Waals surface area contributed by atoms with Crippen LogP contribution < -0.4 is 5.32 Å². The Morgan fingerprint density at radius 3 is 2.25 bits per heavy atom. The summed E-state index contributed by atoms with van der Waals surface area (Å²) < 4.78 is 0. The number of hydrogen-bond donors (Lipinski definition) is 1. The van der Waals surface area contributed by atoms with Gasteiger partial charge in [-0.1, -0.05) is 72.8 Å². The molecular formula is C22H22N2. The van der Waals surface area contributed by atoms with Gasteiger partial charge >= 0.3 is 0 Å². The molecule has 0 radical (unpaired) electrons. The van der Waals surface area contributed by atoms with E-state index in [4.69, 9.17) is 0 Å². The molecule has 1 aliphatic carbocycles. The van der Waals surface area contributed by atoms with Crippen LogP contribution in [0.4, 0.5) is 5.69 Å². The molecule has 3 rings (SSSR count). The van der Waals surface area contributed by atoms with Crippen molar-refractivity contribution in [1.29, 1.82) is 5.26 Å². The number of para-hydroxylation sites is 1. The van der Waals surface area contributed by atoms with Crippen molar-refractivity contribution in [3.05, 3.63) is 90.5 Å². The smallest absolute Gasteiger partial charge is 0.157 e. The summed E-state index contributed by atoms with van der Waals surface area (Å²) >= 11 is 0. The predicted octanol–water partition coefficient (Wildman–Crippen LogP) is 5.43. The maximum absolute atomic E-state index is 10.2. The van der Waals surface area contributed by atoms with Crippen molar-refractivity contribution in [1.82, 2.24) is 0 Å². The summed E-state index contributed by atoms with van der Waals surface area (Å²) in [6, 6.07) is 22.6. The zero-order chi connectivity index (χ0) is 16.7. The van der Waals surface area contributed by atoms with Crippen LogP contribution in [0.3, 0.4) is 0 Å². The molecule has 0 aliphatic heterocycles. The van der Waals surface area contributed by atoms with Crippen LogP contribution in [0.25, 0.3) is 0 Å². The van der Waals surface area contributed by atoms with Gasteiger partial charge in [-0.15, -0.1) is 0 Å². The van der Waals surface area contributed by atoms with Crippen LogP contribution in [-0.2, 0) is 5.54 Å². The van der Waals surface area contributed by atoms with Gasteiger partial charge in [0.05, 0.1) is 6.07 Å². The summed E-state index contributed by atoms with van der Waals surface area (Å²) in [6.45, 7) is 0. The summed E-state index contributed by atoms with van der Waals surface area (Å²) in [4.78, 5) is 0. The minimum Gasteiger partial charge on any atom is -0.363 e. The van der Waals surface area contributed by atoms with E-state index in [1.54, 1.807) is 0 Å². The molecule has 120 valence electrons. The summed E-state index contributed by atoms with van der Waals surface area (Å²) in [5, 5.41) is 13.8. The molecule has 0 fully saturated rings. The molecule has 1 aliphatic rings. The van der Waals surface area contributed by atoms with E-state index in [2.05, 4.69) is 35.7 Å². The van der Waals surface area contributed by atoms with Crippen LogP contribution >= 0.6 is 0 Å². The van der Waals surface area contributed by atoms with Crippen LogP contribution in [0, 0.1) is 17.2 Å². The monoisotopic (exact) mass is 314 g/mol. The largest absolute Gasteiger partial charge is 0.363 e. The number of nitriles is 1. The first-order chi connectivity index (χ1) is 11.8. The third kappa shape index (κ3) is 3.41. The van der Waals surface area contributed by atoms with Crippen LogP contribution in [-0.4, -0.2) is 0 Å². The first-order valence-corrected chi connectivity index (χ1v) is 8.47. The van der Waals surface area contributed by atoms with Crippen LogP contribution in [0.1, 0.15) is 24.8 Å². The average molecular weight is 314 g/mol. The highest BCUT2D eigenvalue weighted by molar-refractivity contribution is 5.52.